The van der Waals surface area contributed by atoms with Gasteiger partial charge in [-0.05, 0) is 41.9 Å². The Morgan fingerprint density at radius 2 is 2.06 bits per heavy atom. The second-order valence-corrected chi connectivity index (χ2v) is 8.00. The standard InChI is InChI=1S/C19H18ClN7O4S/c20-15-4-1-13(2-5-15)18-25-26-19(31-18)32(29)12-16-6-3-14(11-23-16)17(28)22-7-9-30-10-8-24-27-21/h1-6,11H,7-10,12H2,(H,22,28)/t32-/m0/s1. The first-order chi connectivity index (χ1) is 15.6. The van der Waals surface area contributed by atoms with E-state index in [1.807, 2.05) is 0 Å². The highest BCUT2D eigenvalue weighted by Crippen LogP contribution is 2.23. The first-order valence-corrected chi connectivity index (χ1v) is 11.1. The molecule has 0 unspecified atom stereocenters. The van der Waals surface area contributed by atoms with Crippen molar-refractivity contribution >= 4 is 28.7 Å². The summed E-state index contributed by atoms with van der Waals surface area (Å²) in [6.07, 6.45) is 1.40. The molecule has 2 heterocycles. The van der Waals surface area contributed by atoms with Gasteiger partial charge in [0.15, 0.2) is 5.75 Å². The van der Waals surface area contributed by atoms with Gasteiger partial charge in [-0.3, -0.25) is 9.78 Å². The molecule has 0 saturated carbocycles. The van der Waals surface area contributed by atoms with Gasteiger partial charge in [-0.15, -0.1) is 5.10 Å². The van der Waals surface area contributed by atoms with Gasteiger partial charge in [-0.1, -0.05) is 21.8 Å². The van der Waals surface area contributed by atoms with E-state index in [9.17, 15) is 9.35 Å². The number of pyridine rings is 1. The van der Waals surface area contributed by atoms with Crippen LogP contribution in [0, 0.1) is 0 Å². The molecule has 166 valence electrons. The number of carbonyl (C=O) groups is 1. The highest BCUT2D eigenvalue weighted by Gasteiger charge is 2.22. The van der Waals surface area contributed by atoms with Gasteiger partial charge < -0.3 is 19.0 Å². The first-order valence-electron chi connectivity index (χ1n) is 9.36. The monoisotopic (exact) mass is 475 g/mol. The van der Waals surface area contributed by atoms with Gasteiger partial charge in [0.05, 0.1) is 35.6 Å². The molecule has 1 N–H and O–H groups in total. The van der Waals surface area contributed by atoms with Crippen LogP contribution in [0.25, 0.3) is 21.9 Å². The maximum Gasteiger partial charge on any atom is 0.436 e. The van der Waals surface area contributed by atoms with Crippen molar-refractivity contribution in [2.24, 2.45) is 5.11 Å². The van der Waals surface area contributed by atoms with Gasteiger partial charge in [-0.2, -0.15) is 0 Å². The Morgan fingerprint density at radius 3 is 2.78 bits per heavy atom. The number of aromatic nitrogens is 3. The minimum absolute atomic E-state index is 0.0148. The Morgan fingerprint density at radius 1 is 1.25 bits per heavy atom. The van der Waals surface area contributed by atoms with Gasteiger partial charge in [0.25, 0.3) is 11.8 Å². The molecule has 0 bridgehead atoms. The minimum Gasteiger partial charge on any atom is -0.607 e. The van der Waals surface area contributed by atoms with Gasteiger partial charge in [0.1, 0.15) is 0 Å². The topological polar surface area (TPSA) is 162 Å². The van der Waals surface area contributed by atoms with Crippen LogP contribution in [0.15, 0.2) is 57.3 Å². The van der Waals surface area contributed by atoms with Crippen molar-refractivity contribution in [3.63, 3.8) is 0 Å². The second kappa shape index (κ2) is 12.0. The van der Waals surface area contributed by atoms with E-state index in [0.29, 0.717) is 35.0 Å². The highest BCUT2D eigenvalue weighted by atomic mass is 35.5. The smallest absolute Gasteiger partial charge is 0.436 e. The summed E-state index contributed by atoms with van der Waals surface area (Å²) in [5.74, 6) is -0.0107. The molecule has 0 saturated heterocycles. The summed E-state index contributed by atoms with van der Waals surface area (Å²) in [6.45, 7) is 1.12. The van der Waals surface area contributed by atoms with E-state index >= 15 is 0 Å². The molecule has 1 atom stereocenters. The van der Waals surface area contributed by atoms with E-state index < -0.39 is 11.2 Å². The molecule has 0 aliphatic carbocycles. The lowest BCUT2D eigenvalue weighted by Gasteiger charge is -2.07. The Labute approximate surface area is 191 Å². The van der Waals surface area contributed by atoms with E-state index in [0.717, 1.165) is 0 Å². The van der Waals surface area contributed by atoms with Crippen LogP contribution in [0.3, 0.4) is 0 Å². The van der Waals surface area contributed by atoms with Crippen LogP contribution in [-0.4, -0.2) is 51.9 Å². The molecule has 13 heteroatoms. The van der Waals surface area contributed by atoms with Crippen molar-refractivity contribution in [2.75, 3.05) is 26.3 Å². The third-order valence-electron chi connectivity index (χ3n) is 3.99. The summed E-state index contributed by atoms with van der Waals surface area (Å²) < 4.78 is 23.2. The van der Waals surface area contributed by atoms with Crippen LogP contribution < -0.4 is 5.32 Å². The Bertz CT molecular complexity index is 1070. The van der Waals surface area contributed by atoms with Gasteiger partial charge >= 0.3 is 5.22 Å². The number of carbonyl (C=O) groups excluding carboxylic acids is 1. The SMILES string of the molecule is [N-]=[N+]=NCCOCCNC(=O)c1ccc(C[S@+]([O-])c2nnc(-c3ccc(Cl)cc3)o2)nc1. The third-order valence-corrected chi connectivity index (χ3v) is 5.35. The van der Waals surface area contributed by atoms with E-state index in [2.05, 4.69) is 30.5 Å². The number of rotatable bonds is 11. The Balaban J connectivity index is 1.48. The summed E-state index contributed by atoms with van der Waals surface area (Å²) >= 11 is 4.27. The maximum atomic E-state index is 12.5. The zero-order valence-corrected chi connectivity index (χ0v) is 18.3. The average Bonchev–Trinajstić information content (AvgIpc) is 3.30. The van der Waals surface area contributed by atoms with E-state index in [4.69, 9.17) is 26.3 Å². The largest absolute Gasteiger partial charge is 0.607 e. The number of halogens is 1. The molecule has 2 aromatic heterocycles. The van der Waals surface area contributed by atoms with Crippen LogP contribution >= 0.6 is 11.6 Å². The zero-order chi connectivity index (χ0) is 22.8. The fraction of sp³-hybridized carbons (Fsp3) is 0.263. The van der Waals surface area contributed by atoms with Crippen LogP contribution in [0.4, 0.5) is 0 Å². The highest BCUT2D eigenvalue weighted by molar-refractivity contribution is 7.90. The Kier molecular flexibility index (Phi) is 8.84. The number of hydrogen-bond donors (Lipinski definition) is 1. The van der Waals surface area contributed by atoms with Gasteiger partial charge in [0, 0.05) is 34.8 Å². The van der Waals surface area contributed by atoms with Crippen LogP contribution in [0.1, 0.15) is 16.1 Å². The van der Waals surface area contributed by atoms with Crippen molar-refractivity contribution in [2.45, 2.75) is 11.0 Å². The predicted molar refractivity (Wildman–Crippen MR) is 116 cm³/mol. The summed E-state index contributed by atoms with van der Waals surface area (Å²) in [4.78, 5) is 18.9. The average molecular weight is 476 g/mol. The minimum atomic E-state index is -1.59. The summed E-state index contributed by atoms with van der Waals surface area (Å²) in [5.41, 5.74) is 9.68. The van der Waals surface area contributed by atoms with Gasteiger partial charge in [0.2, 0.25) is 0 Å². The quantitative estimate of drug-likeness (QED) is 0.146. The lowest BCUT2D eigenvalue weighted by molar-refractivity contribution is 0.0919. The number of amides is 1. The number of azide groups is 1. The molecular formula is C19H18ClN7O4S. The van der Waals surface area contributed by atoms with Gasteiger partial charge in [-0.25, -0.2) is 0 Å². The lowest BCUT2D eigenvalue weighted by Crippen LogP contribution is -2.27. The number of nitrogens with zero attached hydrogens (tertiary/aromatic N) is 6. The number of benzene rings is 1. The zero-order valence-electron chi connectivity index (χ0n) is 16.7. The van der Waals surface area contributed by atoms with E-state index in [1.54, 1.807) is 36.4 Å². The second-order valence-electron chi connectivity index (χ2n) is 6.23. The van der Waals surface area contributed by atoms with Crippen molar-refractivity contribution in [3.05, 3.63) is 69.3 Å². The molecule has 3 rings (SSSR count). The molecule has 0 fully saturated rings. The van der Waals surface area contributed by atoms with E-state index in [-0.39, 0.29) is 35.9 Å². The first kappa shape index (κ1) is 23.5. The van der Waals surface area contributed by atoms with E-state index in [1.165, 1.54) is 6.20 Å². The number of nitrogens with one attached hydrogen (secondary N) is 1. The van der Waals surface area contributed by atoms with Crippen molar-refractivity contribution in [3.8, 4) is 11.5 Å². The Hall–Kier alpha value is -3.15. The maximum absolute atomic E-state index is 12.5. The van der Waals surface area contributed by atoms with Crippen LogP contribution in [0.5, 0.6) is 0 Å². The number of hydrogen-bond acceptors (Lipinski definition) is 8. The number of ether oxygens (including phenoxy) is 1. The normalized spacial score (nSPS) is 11.6. The van der Waals surface area contributed by atoms with Crippen molar-refractivity contribution in [1.82, 2.24) is 20.5 Å². The fourth-order valence-electron chi connectivity index (χ4n) is 2.44. The molecule has 0 aliphatic rings. The molecule has 0 radical (unpaired) electrons. The summed E-state index contributed by atoms with van der Waals surface area (Å²) in [7, 11) is 0. The van der Waals surface area contributed by atoms with Crippen LogP contribution in [-0.2, 0) is 21.7 Å². The molecule has 11 nitrogen and oxygen atoms in total. The fourth-order valence-corrected chi connectivity index (χ4v) is 3.43. The molecule has 1 aromatic carbocycles. The molecule has 1 amide bonds. The molecule has 3 aromatic rings. The predicted octanol–water partition coefficient (Wildman–Crippen LogP) is 3.15. The molecule has 32 heavy (non-hydrogen) atoms. The molecule has 0 aliphatic heterocycles. The molecule has 0 spiro atoms. The van der Waals surface area contributed by atoms with Crippen LogP contribution in [0.2, 0.25) is 5.02 Å². The summed E-state index contributed by atoms with van der Waals surface area (Å²) in [5, 5.41) is 14.4. The lowest BCUT2D eigenvalue weighted by atomic mass is 10.2. The molecular weight excluding hydrogens is 458 g/mol. The third kappa shape index (κ3) is 6.94. The van der Waals surface area contributed by atoms with Crippen molar-refractivity contribution < 1.29 is 18.5 Å². The van der Waals surface area contributed by atoms with Crippen molar-refractivity contribution in [1.29, 1.82) is 0 Å². The summed E-state index contributed by atoms with van der Waals surface area (Å²) in [6, 6.07) is 10.0.